The summed E-state index contributed by atoms with van der Waals surface area (Å²) in [4.78, 5) is 30.1. The minimum Gasteiger partial charge on any atom is -0.497 e. The SMILES string of the molecule is COc1cc(NC(=O)Cn2nc3c(Sc4cccc(F)c4)nccn3c2=O)cc(OC)c1. The number of aromatic nitrogens is 4. The van der Waals surface area contributed by atoms with Gasteiger partial charge in [0, 0.05) is 41.2 Å². The van der Waals surface area contributed by atoms with Crippen LogP contribution in [-0.2, 0) is 11.3 Å². The van der Waals surface area contributed by atoms with E-state index in [0.29, 0.717) is 27.1 Å². The normalized spacial score (nSPS) is 10.8. The molecule has 2 aromatic carbocycles. The number of halogens is 1. The maximum absolute atomic E-state index is 13.5. The number of rotatable bonds is 7. The second-order valence-electron chi connectivity index (χ2n) is 6.58. The molecular weight excluding hydrogens is 437 g/mol. The largest absolute Gasteiger partial charge is 0.497 e. The molecular formula is C21H18FN5O4S. The summed E-state index contributed by atoms with van der Waals surface area (Å²) in [6, 6.07) is 10.9. The van der Waals surface area contributed by atoms with Gasteiger partial charge in [-0.3, -0.25) is 4.79 Å². The van der Waals surface area contributed by atoms with Gasteiger partial charge in [0.15, 0.2) is 5.65 Å². The lowest BCUT2D eigenvalue weighted by Crippen LogP contribution is -2.28. The van der Waals surface area contributed by atoms with Gasteiger partial charge in [-0.1, -0.05) is 17.8 Å². The van der Waals surface area contributed by atoms with Crippen LogP contribution in [0.5, 0.6) is 11.5 Å². The number of benzene rings is 2. The Kier molecular flexibility index (Phi) is 6.08. The Bertz CT molecular complexity index is 1330. The fraction of sp³-hybridized carbons (Fsp3) is 0.143. The van der Waals surface area contributed by atoms with Crippen LogP contribution in [0.3, 0.4) is 0 Å². The van der Waals surface area contributed by atoms with E-state index in [-0.39, 0.29) is 18.0 Å². The first-order chi connectivity index (χ1) is 15.5. The smallest absolute Gasteiger partial charge is 0.350 e. The number of nitrogens with zero attached hydrogens (tertiary/aromatic N) is 4. The number of anilines is 1. The average molecular weight is 455 g/mol. The summed E-state index contributed by atoms with van der Waals surface area (Å²) in [7, 11) is 3.01. The monoisotopic (exact) mass is 455 g/mol. The molecule has 4 rings (SSSR count). The van der Waals surface area contributed by atoms with Crippen LogP contribution in [0.4, 0.5) is 10.1 Å². The number of ether oxygens (including phenoxy) is 2. The zero-order chi connectivity index (χ0) is 22.7. The third-order valence-electron chi connectivity index (χ3n) is 4.41. The van der Waals surface area contributed by atoms with Crippen molar-refractivity contribution in [3.63, 3.8) is 0 Å². The molecule has 0 saturated heterocycles. The van der Waals surface area contributed by atoms with Gasteiger partial charge in [0.05, 0.1) is 14.2 Å². The predicted molar refractivity (Wildman–Crippen MR) is 116 cm³/mol. The molecule has 0 unspecified atom stereocenters. The van der Waals surface area contributed by atoms with Crippen molar-refractivity contribution in [2.45, 2.75) is 16.5 Å². The number of nitrogens with one attached hydrogen (secondary N) is 1. The standard InChI is InChI=1S/C21H18FN5O4S/c1-30-15-9-14(10-16(11-15)31-2)24-18(28)12-27-21(29)26-7-6-23-20(19(26)25-27)32-17-5-3-4-13(22)8-17/h3-11H,12H2,1-2H3,(H,24,28). The van der Waals surface area contributed by atoms with Gasteiger partial charge in [-0.05, 0) is 18.2 Å². The van der Waals surface area contributed by atoms with Crippen molar-refractivity contribution in [2.24, 2.45) is 0 Å². The Labute approximate surface area is 185 Å². The van der Waals surface area contributed by atoms with Crippen LogP contribution in [0.25, 0.3) is 5.65 Å². The quantitative estimate of drug-likeness (QED) is 0.457. The van der Waals surface area contributed by atoms with E-state index in [1.165, 1.54) is 54.9 Å². The highest BCUT2D eigenvalue weighted by Crippen LogP contribution is 2.28. The Hall–Kier alpha value is -3.86. The van der Waals surface area contributed by atoms with E-state index in [0.717, 1.165) is 4.68 Å². The van der Waals surface area contributed by atoms with Crippen molar-refractivity contribution in [3.8, 4) is 11.5 Å². The van der Waals surface area contributed by atoms with E-state index in [1.54, 1.807) is 30.3 Å². The van der Waals surface area contributed by atoms with E-state index in [9.17, 15) is 14.0 Å². The molecule has 164 valence electrons. The zero-order valence-corrected chi connectivity index (χ0v) is 17.9. The molecule has 1 N–H and O–H groups in total. The average Bonchev–Trinajstić information content (AvgIpc) is 3.09. The molecule has 0 saturated carbocycles. The first-order valence-corrected chi connectivity index (χ1v) is 10.2. The van der Waals surface area contributed by atoms with Gasteiger partial charge in [-0.15, -0.1) is 5.10 Å². The van der Waals surface area contributed by atoms with E-state index in [4.69, 9.17) is 9.47 Å². The number of carbonyl (C=O) groups excluding carboxylic acids is 1. The molecule has 32 heavy (non-hydrogen) atoms. The molecule has 2 heterocycles. The Balaban J connectivity index is 1.58. The van der Waals surface area contributed by atoms with Crippen LogP contribution < -0.4 is 20.5 Å². The number of methoxy groups -OCH3 is 2. The van der Waals surface area contributed by atoms with Gasteiger partial charge < -0.3 is 14.8 Å². The molecule has 1 amide bonds. The van der Waals surface area contributed by atoms with Crippen LogP contribution in [0.2, 0.25) is 0 Å². The molecule has 0 aliphatic heterocycles. The Morgan fingerprint density at radius 2 is 1.91 bits per heavy atom. The van der Waals surface area contributed by atoms with Crippen LogP contribution in [0.1, 0.15) is 0 Å². The van der Waals surface area contributed by atoms with Crippen LogP contribution in [0.15, 0.2) is 69.6 Å². The van der Waals surface area contributed by atoms with Gasteiger partial charge in [-0.2, -0.15) is 0 Å². The van der Waals surface area contributed by atoms with E-state index in [2.05, 4.69) is 15.4 Å². The summed E-state index contributed by atoms with van der Waals surface area (Å²) in [5.41, 5.74) is 0.219. The number of hydrogen-bond acceptors (Lipinski definition) is 7. The molecule has 9 nitrogen and oxygen atoms in total. The lowest BCUT2D eigenvalue weighted by atomic mass is 10.2. The molecule has 0 bridgehead atoms. The highest BCUT2D eigenvalue weighted by molar-refractivity contribution is 7.99. The van der Waals surface area contributed by atoms with Crippen molar-refractivity contribution in [1.82, 2.24) is 19.2 Å². The summed E-state index contributed by atoms with van der Waals surface area (Å²) >= 11 is 1.17. The van der Waals surface area contributed by atoms with Gasteiger partial charge >= 0.3 is 5.69 Å². The number of amides is 1. The van der Waals surface area contributed by atoms with E-state index >= 15 is 0 Å². The van der Waals surface area contributed by atoms with Crippen molar-refractivity contribution < 1.29 is 18.7 Å². The minimum absolute atomic E-state index is 0.266. The topological polar surface area (TPSA) is 99.7 Å². The Morgan fingerprint density at radius 3 is 2.59 bits per heavy atom. The molecule has 0 aliphatic carbocycles. The molecule has 0 atom stereocenters. The fourth-order valence-electron chi connectivity index (χ4n) is 2.96. The molecule has 0 spiro atoms. The highest BCUT2D eigenvalue weighted by atomic mass is 32.2. The lowest BCUT2D eigenvalue weighted by molar-refractivity contribution is -0.117. The molecule has 0 aliphatic rings. The Morgan fingerprint density at radius 1 is 1.16 bits per heavy atom. The van der Waals surface area contributed by atoms with Gasteiger partial charge in [-0.25, -0.2) is 23.3 Å². The third kappa shape index (κ3) is 4.57. The summed E-state index contributed by atoms with van der Waals surface area (Å²) in [6.45, 7) is -0.315. The predicted octanol–water partition coefficient (Wildman–Crippen LogP) is 2.84. The second-order valence-corrected chi connectivity index (χ2v) is 7.64. The summed E-state index contributed by atoms with van der Waals surface area (Å²) in [5.74, 6) is 0.179. The number of fused-ring (bicyclic) bond motifs is 1. The number of carbonyl (C=O) groups is 1. The maximum Gasteiger partial charge on any atom is 0.350 e. The van der Waals surface area contributed by atoms with Crippen molar-refractivity contribution >= 4 is 29.0 Å². The van der Waals surface area contributed by atoms with Crippen LogP contribution in [0, 0.1) is 5.82 Å². The van der Waals surface area contributed by atoms with Gasteiger partial charge in [0.1, 0.15) is 28.9 Å². The molecule has 2 aromatic heterocycles. The van der Waals surface area contributed by atoms with E-state index in [1.807, 2.05) is 0 Å². The van der Waals surface area contributed by atoms with E-state index < -0.39 is 11.6 Å². The molecule has 0 fully saturated rings. The second kappa shape index (κ2) is 9.10. The van der Waals surface area contributed by atoms with Crippen molar-refractivity contribution in [1.29, 1.82) is 0 Å². The summed E-state index contributed by atoms with van der Waals surface area (Å²) in [5, 5.41) is 7.37. The summed E-state index contributed by atoms with van der Waals surface area (Å²) in [6.07, 6.45) is 2.91. The molecule has 11 heteroatoms. The van der Waals surface area contributed by atoms with Crippen molar-refractivity contribution in [3.05, 3.63) is 71.2 Å². The fourth-order valence-corrected chi connectivity index (χ4v) is 3.84. The minimum atomic E-state index is -0.498. The van der Waals surface area contributed by atoms with Crippen LogP contribution >= 0.6 is 11.8 Å². The maximum atomic E-state index is 13.5. The zero-order valence-electron chi connectivity index (χ0n) is 17.1. The highest BCUT2D eigenvalue weighted by Gasteiger charge is 2.16. The van der Waals surface area contributed by atoms with Crippen molar-refractivity contribution in [2.75, 3.05) is 19.5 Å². The number of hydrogen-bond donors (Lipinski definition) is 1. The summed E-state index contributed by atoms with van der Waals surface area (Å²) < 4.78 is 26.2. The van der Waals surface area contributed by atoms with Gasteiger partial charge in [0.25, 0.3) is 0 Å². The van der Waals surface area contributed by atoms with Crippen LogP contribution in [-0.4, -0.2) is 39.3 Å². The molecule has 0 radical (unpaired) electrons. The van der Waals surface area contributed by atoms with Gasteiger partial charge in [0.2, 0.25) is 5.91 Å². The first kappa shape index (κ1) is 21.4. The first-order valence-electron chi connectivity index (χ1n) is 9.37. The third-order valence-corrected chi connectivity index (χ3v) is 5.38. The molecule has 4 aromatic rings. The lowest BCUT2D eigenvalue weighted by Gasteiger charge is -2.09.